The van der Waals surface area contributed by atoms with Crippen LogP contribution in [0.4, 0.5) is 4.79 Å². The predicted octanol–water partition coefficient (Wildman–Crippen LogP) is 3.23. The molecule has 2 aliphatic heterocycles. The second-order valence-electron chi connectivity index (χ2n) is 6.80. The van der Waals surface area contributed by atoms with Crippen LogP contribution >= 0.6 is 15.9 Å². The molecule has 146 valence electrons. The number of fused-ring (bicyclic) bond motifs is 2. The van der Waals surface area contributed by atoms with E-state index < -0.39 is 11.6 Å². The number of nitrogens with one attached hydrogen (secondary N) is 1. The predicted molar refractivity (Wildman–Crippen MR) is 105 cm³/mol. The van der Waals surface area contributed by atoms with Gasteiger partial charge in [-0.05, 0) is 34.1 Å². The van der Waals surface area contributed by atoms with Crippen molar-refractivity contribution in [1.82, 2.24) is 20.4 Å². The molecule has 1 atom stereocenters. The van der Waals surface area contributed by atoms with Crippen molar-refractivity contribution in [2.75, 3.05) is 6.61 Å². The number of ether oxygens (including phenoxy) is 1. The van der Waals surface area contributed by atoms with Crippen LogP contribution in [0.15, 0.2) is 57.4 Å². The van der Waals surface area contributed by atoms with Crippen LogP contribution in [0.1, 0.15) is 17.9 Å². The van der Waals surface area contributed by atoms with Crippen molar-refractivity contribution in [3.63, 3.8) is 0 Å². The van der Waals surface area contributed by atoms with E-state index in [0.717, 1.165) is 14.9 Å². The minimum atomic E-state index is -1.13. The van der Waals surface area contributed by atoms with E-state index in [1.54, 1.807) is 12.1 Å². The van der Waals surface area contributed by atoms with E-state index in [1.807, 2.05) is 36.4 Å². The number of benzene rings is 2. The lowest BCUT2D eigenvalue weighted by molar-refractivity contribution is -0.133. The average Bonchev–Trinajstić information content (AvgIpc) is 3.28. The maximum absolute atomic E-state index is 13.3. The van der Waals surface area contributed by atoms with Crippen molar-refractivity contribution in [3.8, 4) is 17.2 Å². The number of nitrogens with zero attached hydrogens (tertiary/aromatic N) is 3. The Balaban J connectivity index is 1.44. The molecule has 29 heavy (non-hydrogen) atoms. The number of amides is 3. The first-order chi connectivity index (χ1) is 14.1. The van der Waals surface area contributed by atoms with Gasteiger partial charge in [0.05, 0.1) is 12.2 Å². The fourth-order valence-corrected chi connectivity index (χ4v) is 4.17. The number of urea groups is 1. The first kappa shape index (κ1) is 17.9. The molecule has 2 aliphatic rings. The second-order valence-corrected chi connectivity index (χ2v) is 7.66. The van der Waals surface area contributed by atoms with Crippen molar-refractivity contribution in [1.29, 1.82) is 0 Å². The van der Waals surface area contributed by atoms with Crippen LogP contribution in [0.2, 0.25) is 0 Å². The zero-order valence-corrected chi connectivity index (χ0v) is 16.7. The van der Waals surface area contributed by atoms with Gasteiger partial charge in [-0.1, -0.05) is 30.3 Å². The van der Waals surface area contributed by atoms with Crippen molar-refractivity contribution in [2.24, 2.45) is 0 Å². The molecule has 0 saturated carbocycles. The quantitative estimate of drug-likeness (QED) is 0.610. The minimum Gasteiger partial charge on any atom is -0.493 e. The van der Waals surface area contributed by atoms with Gasteiger partial charge in [-0.15, -0.1) is 10.2 Å². The number of hydrogen-bond donors (Lipinski definition) is 1. The maximum atomic E-state index is 13.3. The summed E-state index contributed by atoms with van der Waals surface area (Å²) in [5.74, 6) is 0.740. The second kappa shape index (κ2) is 6.70. The van der Waals surface area contributed by atoms with Gasteiger partial charge in [0.15, 0.2) is 5.54 Å². The number of rotatable bonds is 3. The molecule has 5 rings (SSSR count). The summed E-state index contributed by atoms with van der Waals surface area (Å²) in [4.78, 5) is 27.0. The Kier molecular flexibility index (Phi) is 4.13. The number of imide groups is 1. The van der Waals surface area contributed by atoms with Crippen LogP contribution in [0, 0.1) is 0 Å². The molecule has 1 fully saturated rings. The summed E-state index contributed by atoms with van der Waals surface area (Å²) in [7, 11) is 0. The molecule has 2 aromatic carbocycles. The van der Waals surface area contributed by atoms with E-state index in [0.29, 0.717) is 30.2 Å². The SMILES string of the molecule is O=C1N[C@@]2(CCOc3ccccc32)C(=O)N1Cc1nnc(-c2ccccc2Br)o1. The summed E-state index contributed by atoms with van der Waals surface area (Å²) >= 11 is 3.44. The molecule has 3 heterocycles. The molecule has 0 unspecified atom stereocenters. The summed E-state index contributed by atoms with van der Waals surface area (Å²) in [6, 6.07) is 14.2. The van der Waals surface area contributed by atoms with E-state index >= 15 is 0 Å². The highest BCUT2D eigenvalue weighted by molar-refractivity contribution is 9.10. The van der Waals surface area contributed by atoms with Crippen molar-refractivity contribution in [2.45, 2.75) is 18.5 Å². The maximum Gasteiger partial charge on any atom is 0.325 e. The van der Waals surface area contributed by atoms with Gasteiger partial charge in [0.1, 0.15) is 12.3 Å². The molecule has 3 amide bonds. The molecular weight excluding hydrogens is 440 g/mol. The Morgan fingerprint density at radius 2 is 1.90 bits per heavy atom. The van der Waals surface area contributed by atoms with E-state index in [1.165, 1.54) is 0 Å². The third-order valence-electron chi connectivity index (χ3n) is 5.12. The zero-order valence-electron chi connectivity index (χ0n) is 15.1. The van der Waals surface area contributed by atoms with Gasteiger partial charge >= 0.3 is 6.03 Å². The largest absolute Gasteiger partial charge is 0.493 e. The molecule has 1 N–H and O–H groups in total. The van der Waals surface area contributed by atoms with Gasteiger partial charge < -0.3 is 14.5 Å². The average molecular weight is 455 g/mol. The van der Waals surface area contributed by atoms with Crippen molar-refractivity contribution in [3.05, 3.63) is 64.5 Å². The molecule has 0 aliphatic carbocycles. The minimum absolute atomic E-state index is 0.104. The Labute approximate surface area is 174 Å². The van der Waals surface area contributed by atoms with Crippen LogP contribution < -0.4 is 10.1 Å². The highest BCUT2D eigenvalue weighted by atomic mass is 79.9. The molecule has 0 bridgehead atoms. The first-order valence-electron chi connectivity index (χ1n) is 9.02. The van der Waals surface area contributed by atoms with Gasteiger partial charge in [0, 0.05) is 16.5 Å². The summed E-state index contributed by atoms with van der Waals surface area (Å²) < 4.78 is 12.2. The highest BCUT2D eigenvalue weighted by Gasteiger charge is 2.55. The molecule has 1 aromatic heterocycles. The van der Waals surface area contributed by atoms with E-state index in [4.69, 9.17) is 9.15 Å². The molecule has 3 aromatic rings. The molecule has 1 saturated heterocycles. The fraction of sp³-hybridized carbons (Fsp3) is 0.200. The fourth-order valence-electron chi connectivity index (χ4n) is 3.71. The first-order valence-corrected chi connectivity index (χ1v) is 9.81. The summed E-state index contributed by atoms with van der Waals surface area (Å²) in [6.45, 7) is 0.233. The summed E-state index contributed by atoms with van der Waals surface area (Å²) in [5, 5.41) is 10.9. The Bertz CT molecular complexity index is 1130. The molecule has 9 heteroatoms. The van der Waals surface area contributed by atoms with Gasteiger partial charge in [0.25, 0.3) is 5.91 Å². The smallest absolute Gasteiger partial charge is 0.325 e. The van der Waals surface area contributed by atoms with Gasteiger partial charge in [-0.3, -0.25) is 9.69 Å². The van der Waals surface area contributed by atoms with E-state index in [9.17, 15) is 9.59 Å². The summed E-state index contributed by atoms with van der Waals surface area (Å²) in [5.41, 5.74) is 0.266. The van der Waals surface area contributed by atoms with Crippen LogP contribution in [-0.4, -0.2) is 33.6 Å². The number of carbonyl (C=O) groups excluding carboxylic acids is 2. The summed E-state index contributed by atoms with van der Waals surface area (Å²) in [6.07, 6.45) is 0.358. The number of aromatic nitrogens is 2. The standard InChI is InChI=1S/C20H15BrN4O4/c21-14-7-3-1-5-12(14)17-24-23-16(29-17)11-25-18(26)20(22-19(25)27)9-10-28-15-8-4-2-6-13(15)20/h1-8H,9-11H2,(H,22,27)/t20-/m1/s1. The van der Waals surface area contributed by atoms with Crippen LogP contribution in [0.3, 0.4) is 0 Å². The Morgan fingerprint density at radius 3 is 2.76 bits per heavy atom. The topological polar surface area (TPSA) is 97.6 Å². The molecule has 8 nitrogen and oxygen atoms in total. The third kappa shape index (κ3) is 2.80. The van der Waals surface area contributed by atoms with Crippen LogP contribution in [-0.2, 0) is 16.9 Å². The lowest BCUT2D eigenvalue weighted by Gasteiger charge is -2.33. The van der Waals surface area contributed by atoms with Crippen molar-refractivity contribution < 1.29 is 18.7 Å². The molecular formula is C20H15BrN4O4. The third-order valence-corrected chi connectivity index (χ3v) is 5.81. The monoisotopic (exact) mass is 454 g/mol. The highest BCUT2D eigenvalue weighted by Crippen LogP contribution is 2.41. The normalized spacial score (nSPS) is 20.5. The van der Waals surface area contributed by atoms with Gasteiger partial charge in [-0.25, -0.2) is 4.79 Å². The number of para-hydroxylation sites is 1. The lowest BCUT2D eigenvalue weighted by atomic mass is 9.84. The number of halogens is 1. The van der Waals surface area contributed by atoms with Crippen molar-refractivity contribution >= 4 is 27.9 Å². The Morgan fingerprint density at radius 1 is 1.10 bits per heavy atom. The zero-order chi connectivity index (χ0) is 20.0. The molecule has 1 spiro atoms. The van der Waals surface area contributed by atoms with Gasteiger partial charge in [0.2, 0.25) is 11.8 Å². The van der Waals surface area contributed by atoms with Gasteiger partial charge in [-0.2, -0.15) is 0 Å². The van der Waals surface area contributed by atoms with E-state index in [-0.39, 0.29) is 18.3 Å². The van der Waals surface area contributed by atoms with Crippen LogP contribution in [0.5, 0.6) is 5.75 Å². The van der Waals surface area contributed by atoms with E-state index in [2.05, 4.69) is 31.4 Å². The number of carbonyl (C=O) groups is 2. The number of hydrogen-bond acceptors (Lipinski definition) is 6. The van der Waals surface area contributed by atoms with Crippen LogP contribution in [0.25, 0.3) is 11.5 Å². The Hall–Kier alpha value is -3.20. The lowest BCUT2D eigenvalue weighted by Crippen LogP contribution is -2.47. The molecule has 0 radical (unpaired) electrons.